The van der Waals surface area contributed by atoms with Crippen molar-refractivity contribution in [1.82, 2.24) is 9.38 Å². The molecule has 5 rings (SSSR count). The first-order valence-corrected chi connectivity index (χ1v) is 10.4. The highest BCUT2D eigenvalue weighted by Crippen LogP contribution is 2.29. The van der Waals surface area contributed by atoms with Gasteiger partial charge in [0.05, 0.1) is 11.4 Å². The molecule has 3 aromatic carbocycles. The Morgan fingerprint density at radius 2 is 1.80 bits per heavy atom. The quantitative estimate of drug-likeness (QED) is 0.247. The van der Waals surface area contributed by atoms with Crippen LogP contribution in [0.15, 0.2) is 79.0 Å². The molecule has 30 heavy (non-hydrogen) atoms. The second-order valence-electron chi connectivity index (χ2n) is 7.11. The van der Waals surface area contributed by atoms with Crippen LogP contribution in [0, 0.1) is 12.7 Å². The van der Waals surface area contributed by atoms with E-state index in [0.717, 1.165) is 37.6 Å². The predicted octanol–water partition coefficient (Wildman–Crippen LogP) is 6.56. The van der Waals surface area contributed by atoms with Gasteiger partial charge in [-0.1, -0.05) is 36.4 Å². The van der Waals surface area contributed by atoms with E-state index >= 15 is 0 Å². The SMILES string of the molecule is Cc1cn2c(/C=C/C(=O)c3ccc4ccccc4c3)c(-c3ccc(F)cc3)nc2s1. The van der Waals surface area contributed by atoms with Gasteiger partial charge in [0.2, 0.25) is 0 Å². The minimum absolute atomic E-state index is 0.0762. The maximum absolute atomic E-state index is 13.4. The molecule has 0 bridgehead atoms. The number of benzene rings is 3. The lowest BCUT2D eigenvalue weighted by Crippen LogP contribution is -1.95. The van der Waals surface area contributed by atoms with E-state index in [-0.39, 0.29) is 11.6 Å². The number of hydrogen-bond donors (Lipinski definition) is 0. The summed E-state index contributed by atoms with van der Waals surface area (Å²) in [5.74, 6) is -0.369. The number of aromatic nitrogens is 2. The molecule has 0 unspecified atom stereocenters. The van der Waals surface area contributed by atoms with E-state index in [1.165, 1.54) is 12.1 Å². The van der Waals surface area contributed by atoms with Crippen molar-refractivity contribution in [3.8, 4) is 11.3 Å². The summed E-state index contributed by atoms with van der Waals surface area (Å²) in [5.41, 5.74) is 2.97. The molecule has 0 saturated heterocycles. The lowest BCUT2D eigenvalue weighted by molar-refractivity contribution is 0.104. The van der Waals surface area contributed by atoms with Gasteiger partial charge in [-0.3, -0.25) is 9.20 Å². The number of aryl methyl sites for hydroxylation is 1. The molecule has 0 fully saturated rings. The number of carbonyl (C=O) groups excluding carboxylic acids is 1. The first kappa shape index (κ1) is 18.5. The van der Waals surface area contributed by atoms with Crippen LogP contribution < -0.4 is 0 Å². The lowest BCUT2D eigenvalue weighted by atomic mass is 10.0. The first-order chi connectivity index (χ1) is 14.6. The Hall–Kier alpha value is -3.57. The molecule has 0 spiro atoms. The van der Waals surface area contributed by atoms with Crippen LogP contribution in [0.4, 0.5) is 4.39 Å². The zero-order valence-electron chi connectivity index (χ0n) is 16.2. The Kier molecular flexibility index (Phi) is 4.52. The summed E-state index contributed by atoms with van der Waals surface area (Å²) in [7, 11) is 0. The Bertz CT molecular complexity index is 1430. The molecule has 0 saturated carbocycles. The van der Waals surface area contributed by atoms with E-state index in [2.05, 4.69) is 0 Å². The number of halogens is 1. The normalized spacial score (nSPS) is 11.7. The minimum Gasteiger partial charge on any atom is -0.290 e. The highest BCUT2D eigenvalue weighted by Gasteiger charge is 2.15. The van der Waals surface area contributed by atoms with Gasteiger partial charge in [0, 0.05) is 22.2 Å². The van der Waals surface area contributed by atoms with E-state index in [1.807, 2.05) is 60.0 Å². The van der Waals surface area contributed by atoms with Crippen molar-refractivity contribution < 1.29 is 9.18 Å². The zero-order chi connectivity index (χ0) is 20.7. The third-order valence-corrected chi connectivity index (χ3v) is 5.92. The van der Waals surface area contributed by atoms with Crippen LogP contribution in [0.2, 0.25) is 0 Å². The van der Waals surface area contributed by atoms with Crippen molar-refractivity contribution in [2.24, 2.45) is 0 Å². The van der Waals surface area contributed by atoms with Crippen molar-refractivity contribution >= 4 is 38.9 Å². The molecule has 3 nitrogen and oxygen atoms in total. The molecular weight excluding hydrogens is 395 g/mol. The van der Waals surface area contributed by atoms with Crippen LogP contribution in [-0.2, 0) is 0 Å². The van der Waals surface area contributed by atoms with Crippen molar-refractivity contribution in [2.45, 2.75) is 6.92 Å². The van der Waals surface area contributed by atoms with E-state index in [1.54, 1.807) is 35.6 Å². The third kappa shape index (κ3) is 3.33. The van der Waals surface area contributed by atoms with E-state index in [0.29, 0.717) is 5.56 Å². The Morgan fingerprint density at radius 3 is 2.60 bits per heavy atom. The van der Waals surface area contributed by atoms with Crippen molar-refractivity contribution in [3.05, 3.63) is 101 Å². The van der Waals surface area contributed by atoms with Crippen molar-refractivity contribution in [1.29, 1.82) is 0 Å². The summed E-state index contributed by atoms with van der Waals surface area (Å²) in [6.45, 7) is 2.02. The highest BCUT2D eigenvalue weighted by atomic mass is 32.1. The van der Waals surface area contributed by atoms with Crippen LogP contribution >= 0.6 is 11.3 Å². The van der Waals surface area contributed by atoms with Crippen LogP contribution in [0.5, 0.6) is 0 Å². The third-order valence-electron chi connectivity index (χ3n) is 5.02. The lowest BCUT2D eigenvalue weighted by Gasteiger charge is -2.02. The fourth-order valence-corrected chi connectivity index (χ4v) is 4.38. The smallest absolute Gasteiger partial charge is 0.194 e. The van der Waals surface area contributed by atoms with Gasteiger partial charge in [0.25, 0.3) is 0 Å². The Balaban J connectivity index is 1.56. The maximum Gasteiger partial charge on any atom is 0.194 e. The Morgan fingerprint density at radius 1 is 1.03 bits per heavy atom. The van der Waals surface area contributed by atoms with Crippen LogP contribution in [0.25, 0.3) is 33.1 Å². The summed E-state index contributed by atoms with van der Waals surface area (Å²) < 4.78 is 15.3. The second kappa shape index (κ2) is 7.35. The maximum atomic E-state index is 13.4. The molecule has 0 atom stereocenters. The van der Waals surface area contributed by atoms with E-state index in [9.17, 15) is 9.18 Å². The fraction of sp³-hybridized carbons (Fsp3) is 0.0400. The van der Waals surface area contributed by atoms with Gasteiger partial charge < -0.3 is 0 Å². The molecular formula is C25H17FN2OS. The molecule has 5 heteroatoms. The minimum atomic E-state index is -0.292. The predicted molar refractivity (Wildman–Crippen MR) is 121 cm³/mol. The topological polar surface area (TPSA) is 34.4 Å². The molecule has 146 valence electrons. The second-order valence-corrected chi connectivity index (χ2v) is 8.32. The average Bonchev–Trinajstić information content (AvgIpc) is 3.28. The van der Waals surface area contributed by atoms with Gasteiger partial charge in [0.1, 0.15) is 5.82 Å². The van der Waals surface area contributed by atoms with Gasteiger partial charge in [-0.15, -0.1) is 11.3 Å². The number of imidazole rings is 1. The van der Waals surface area contributed by atoms with Crippen molar-refractivity contribution in [3.63, 3.8) is 0 Å². The number of fused-ring (bicyclic) bond motifs is 2. The largest absolute Gasteiger partial charge is 0.290 e. The van der Waals surface area contributed by atoms with Gasteiger partial charge in [-0.2, -0.15) is 0 Å². The van der Waals surface area contributed by atoms with Crippen molar-refractivity contribution in [2.75, 3.05) is 0 Å². The molecule has 0 radical (unpaired) electrons. The number of carbonyl (C=O) groups is 1. The molecule has 0 N–H and O–H groups in total. The molecule has 0 aliphatic rings. The molecule has 2 heterocycles. The average molecular weight is 412 g/mol. The summed E-state index contributed by atoms with van der Waals surface area (Å²) in [6, 6.07) is 19.9. The standard InChI is InChI=1S/C25H17FN2OS/c1-16-15-28-22(24(27-25(28)30-16)18-8-10-21(26)11-9-18)12-13-23(29)20-7-6-17-4-2-3-5-19(17)14-20/h2-15H,1H3/b13-12+. The zero-order valence-corrected chi connectivity index (χ0v) is 17.0. The van der Waals surface area contributed by atoms with E-state index < -0.39 is 0 Å². The Labute approximate surface area is 176 Å². The van der Waals surface area contributed by atoms with Crippen LogP contribution in [0.3, 0.4) is 0 Å². The number of ketones is 1. The first-order valence-electron chi connectivity index (χ1n) is 9.54. The molecule has 5 aromatic rings. The fourth-order valence-electron chi connectivity index (χ4n) is 3.55. The highest BCUT2D eigenvalue weighted by molar-refractivity contribution is 7.17. The van der Waals surface area contributed by atoms with Crippen LogP contribution in [0.1, 0.15) is 20.9 Å². The number of hydrogen-bond acceptors (Lipinski definition) is 3. The number of rotatable bonds is 4. The molecule has 0 amide bonds. The van der Waals surface area contributed by atoms with Gasteiger partial charge in [0.15, 0.2) is 10.7 Å². The van der Waals surface area contributed by atoms with Gasteiger partial charge >= 0.3 is 0 Å². The molecule has 0 aliphatic carbocycles. The number of allylic oxidation sites excluding steroid dienone is 1. The molecule has 2 aromatic heterocycles. The molecule has 0 aliphatic heterocycles. The summed E-state index contributed by atoms with van der Waals surface area (Å²) in [4.78, 5) is 19.5. The summed E-state index contributed by atoms with van der Waals surface area (Å²) in [6.07, 6.45) is 5.37. The van der Waals surface area contributed by atoms with Gasteiger partial charge in [-0.05, 0) is 60.2 Å². The monoisotopic (exact) mass is 412 g/mol. The summed E-state index contributed by atoms with van der Waals surface area (Å²) in [5, 5.41) is 2.13. The van der Waals surface area contributed by atoms with E-state index in [4.69, 9.17) is 4.98 Å². The van der Waals surface area contributed by atoms with Gasteiger partial charge in [-0.25, -0.2) is 9.37 Å². The summed E-state index contributed by atoms with van der Waals surface area (Å²) >= 11 is 1.58. The van der Waals surface area contributed by atoms with Crippen LogP contribution in [-0.4, -0.2) is 15.2 Å². The number of thiazole rings is 1. The number of nitrogens with zero attached hydrogens (tertiary/aromatic N) is 2.